The molecule has 0 spiro atoms. The fourth-order valence-corrected chi connectivity index (χ4v) is 3.20. The van der Waals surface area contributed by atoms with Gasteiger partial charge in [0.05, 0.1) is 17.7 Å². The minimum atomic E-state index is -3.62. The van der Waals surface area contributed by atoms with Crippen molar-refractivity contribution >= 4 is 27.3 Å². The van der Waals surface area contributed by atoms with Crippen LogP contribution in [0.4, 0.5) is 11.4 Å². The summed E-state index contributed by atoms with van der Waals surface area (Å²) in [5, 5.41) is 2.73. The minimum Gasteiger partial charge on any atom is -0.495 e. The van der Waals surface area contributed by atoms with Gasteiger partial charge >= 0.3 is 0 Å². The number of amides is 1. The van der Waals surface area contributed by atoms with Crippen molar-refractivity contribution < 1.29 is 17.9 Å². The van der Waals surface area contributed by atoms with E-state index in [-0.39, 0.29) is 16.5 Å². The van der Waals surface area contributed by atoms with E-state index in [4.69, 9.17) is 4.74 Å². The third kappa shape index (κ3) is 4.14. The van der Waals surface area contributed by atoms with E-state index in [9.17, 15) is 13.2 Å². The van der Waals surface area contributed by atoms with Gasteiger partial charge in [-0.25, -0.2) is 12.7 Å². The average Bonchev–Trinajstić information content (AvgIpc) is 2.61. The van der Waals surface area contributed by atoms with Crippen LogP contribution in [0.15, 0.2) is 47.4 Å². The Morgan fingerprint density at radius 2 is 1.73 bits per heavy atom. The van der Waals surface area contributed by atoms with E-state index in [0.717, 1.165) is 9.99 Å². The summed E-state index contributed by atoms with van der Waals surface area (Å²) in [5.74, 6) is 0.0196. The molecule has 0 radical (unpaired) electrons. The van der Waals surface area contributed by atoms with Gasteiger partial charge < -0.3 is 15.0 Å². The number of hydrogen-bond donors (Lipinski definition) is 1. The smallest absolute Gasteiger partial charge is 0.255 e. The van der Waals surface area contributed by atoms with E-state index in [1.54, 1.807) is 18.2 Å². The first-order chi connectivity index (χ1) is 12.2. The molecule has 2 rings (SSSR count). The van der Waals surface area contributed by atoms with Gasteiger partial charge in [-0.2, -0.15) is 0 Å². The van der Waals surface area contributed by atoms with Gasteiger partial charge in [0.2, 0.25) is 10.0 Å². The second-order valence-corrected chi connectivity index (χ2v) is 8.20. The molecule has 1 N–H and O–H groups in total. The molecule has 2 aromatic rings. The largest absolute Gasteiger partial charge is 0.495 e. The van der Waals surface area contributed by atoms with Crippen LogP contribution in [0.5, 0.6) is 5.75 Å². The molecule has 0 aliphatic carbocycles. The number of ether oxygens (including phenoxy) is 1. The summed E-state index contributed by atoms with van der Waals surface area (Å²) in [6, 6.07) is 11.5. The van der Waals surface area contributed by atoms with Gasteiger partial charge in [0.25, 0.3) is 5.91 Å². The lowest BCUT2D eigenvalue weighted by Gasteiger charge is -2.16. The Labute approximate surface area is 154 Å². The van der Waals surface area contributed by atoms with Crippen molar-refractivity contribution in [2.75, 3.05) is 45.5 Å². The Morgan fingerprint density at radius 3 is 2.31 bits per heavy atom. The molecule has 7 nitrogen and oxygen atoms in total. The van der Waals surface area contributed by atoms with Gasteiger partial charge in [-0.05, 0) is 36.4 Å². The second kappa shape index (κ2) is 7.76. The van der Waals surface area contributed by atoms with Gasteiger partial charge in [0.15, 0.2) is 0 Å². The van der Waals surface area contributed by atoms with Crippen LogP contribution in [0.2, 0.25) is 0 Å². The highest BCUT2D eigenvalue weighted by Gasteiger charge is 2.20. The Kier molecular flexibility index (Phi) is 5.89. The van der Waals surface area contributed by atoms with Gasteiger partial charge in [-0.3, -0.25) is 4.79 Å². The van der Waals surface area contributed by atoms with E-state index >= 15 is 0 Å². The van der Waals surface area contributed by atoms with E-state index in [1.807, 2.05) is 25.1 Å². The number of carbonyl (C=O) groups excluding carboxylic acids is 1. The lowest BCUT2D eigenvalue weighted by Crippen LogP contribution is -2.22. The van der Waals surface area contributed by atoms with E-state index in [1.165, 1.54) is 39.4 Å². The number of methoxy groups -OCH3 is 1. The van der Waals surface area contributed by atoms with Gasteiger partial charge in [-0.15, -0.1) is 0 Å². The summed E-state index contributed by atoms with van der Waals surface area (Å²) in [6.07, 6.45) is 0. The fourth-order valence-electron chi connectivity index (χ4n) is 2.28. The molecule has 8 heteroatoms. The third-order valence-electron chi connectivity index (χ3n) is 3.82. The standard InChI is InChI=1S/C18H23N3O4S/c1-20(2)14-8-6-7-13(11-14)18(22)19-16-12-15(9-10-17(16)25-5)26(23,24)21(3)4/h6-12H,1-5H3,(H,19,22). The molecule has 26 heavy (non-hydrogen) atoms. The number of rotatable bonds is 6. The molecule has 0 aliphatic rings. The molecule has 0 aromatic heterocycles. The highest BCUT2D eigenvalue weighted by Crippen LogP contribution is 2.29. The number of nitrogens with zero attached hydrogens (tertiary/aromatic N) is 2. The molecular formula is C18H23N3O4S. The predicted molar refractivity (Wildman–Crippen MR) is 103 cm³/mol. The lowest BCUT2D eigenvalue weighted by atomic mass is 10.1. The maximum Gasteiger partial charge on any atom is 0.255 e. The summed E-state index contributed by atoms with van der Waals surface area (Å²) in [4.78, 5) is 14.6. The van der Waals surface area contributed by atoms with Crippen molar-refractivity contribution in [3.63, 3.8) is 0 Å². The molecule has 0 bridgehead atoms. The van der Waals surface area contributed by atoms with Crippen LogP contribution in [-0.2, 0) is 10.0 Å². The van der Waals surface area contributed by atoms with Crippen LogP contribution in [0, 0.1) is 0 Å². The van der Waals surface area contributed by atoms with Crippen molar-refractivity contribution in [2.24, 2.45) is 0 Å². The van der Waals surface area contributed by atoms with Crippen LogP contribution in [0.25, 0.3) is 0 Å². The first kappa shape index (κ1) is 19.7. The third-order valence-corrected chi connectivity index (χ3v) is 5.63. The van der Waals surface area contributed by atoms with Gasteiger partial charge in [0.1, 0.15) is 5.75 Å². The zero-order valence-corrected chi connectivity index (χ0v) is 16.3. The maximum atomic E-state index is 12.6. The quantitative estimate of drug-likeness (QED) is 0.835. The lowest BCUT2D eigenvalue weighted by molar-refractivity contribution is 0.102. The Balaban J connectivity index is 2.39. The monoisotopic (exact) mass is 377 g/mol. The second-order valence-electron chi connectivity index (χ2n) is 6.05. The summed E-state index contributed by atoms with van der Waals surface area (Å²) >= 11 is 0. The maximum absolute atomic E-state index is 12.6. The summed E-state index contributed by atoms with van der Waals surface area (Å²) in [5.41, 5.74) is 1.63. The van der Waals surface area contributed by atoms with Crippen LogP contribution >= 0.6 is 0 Å². The van der Waals surface area contributed by atoms with Crippen LogP contribution < -0.4 is 15.0 Å². The molecule has 0 heterocycles. The number of carbonyl (C=O) groups is 1. The zero-order valence-electron chi connectivity index (χ0n) is 15.5. The number of sulfonamides is 1. The van der Waals surface area contributed by atoms with Crippen LogP contribution in [0.3, 0.4) is 0 Å². The van der Waals surface area contributed by atoms with Crippen molar-refractivity contribution in [3.8, 4) is 5.75 Å². The van der Waals surface area contributed by atoms with Crippen molar-refractivity contribution in [1.29, 1.82) is 0 Å². The normalized spacial score (nSPS) is 11.3. The molecule has 0 fully saturated rings. The number of nitrogens with one attached hydrogen (secondary N) is 1. The summed E-state index contributed by atoms with van der Waals surface area (Å²) in [6.45, 7) is 0. The predicted octanol–water partition coefficient (Wildman–Crippen LogP) is 2.26. The number of benzene rings is 2. The fraction of sp³-hybridized carbons (Fsp3) is 0.278. The average molecular weight is 377 g/mol. The molecule has 2 aromatic carbocycles. The van der Waals surface area contributed by atoms with Crippen molar-refractivity contribution in [1.82, 2.24) is 4.31 Å². The summed E-state index contributed by atoms with van der Waals surface area (Å²) in [7, 11) is 4.50. The Bertz CT molecular complexity index is 908. The Hall–Kier alpha value is -2.58. The Morgan fingerprint density at radius 1 is 1.04 bits per heavy atom. The number of anilines is 2. The first-order valence-electron chi connectivity index (χ1n) is 7.86. The molecule has 1 amide bonds. The molecule has 0 atom stereocenters. The molecule has 0 unspecified atom stereocenters. The first-order valence-corrected chi connectivity index (χ1v) is 9.30. The summed E-state index contributed by atoms with van der Waals surface area (Å²) < 4.78 is 31.0. The van der Waals surface area contributed by atoms with Crippen LogP contribution in [-0.4, -0.2) is 53.9 Å². The molecule has 0 saturated heterocycles. The van der Waals surface area contributed by atoms with E-state index in [0.29, 0.717) is 11.3 Å². The molecule has 0 aliphatic heterocycles. The highest BCUT2D eigenvalue weighted by atomic mass is 32.2. The van der Waals surface area contributed by atoms with Gasteiger partial charge in [0, 0.05) is 39.4 Å². The van der Waals surface area contributed by atoms with Crippen LogP contribution in [0.1, 0.15) is 10.4 Å². The minimum absolute atomic E-state index is 0.0700. The SMILES string of the molecule is COc1ccc(S(=O)(=O)N(C)C)cc1NC(=O)c1cccc(N(C)C)c1. The van der Waals surface area contributed by atoms with Crippen molar-refractivity contribution in [2.45, 2.75) is 4.90 Å². The van der Waals surface area contributed by atoms with Gasteiger partial charge in [-0.1, -0.05) is 6.07 Å². The van der Waals surface area contributed by atoms with E-state index < -0.39 is 10.0 Å². The molecular weight excluding hydrogens is 354 g/mol. The topological polar surface area (TPSA) is 79.0 Å². The van der Waals surface area contributed by atoms with Crippen molar-refractivity contribution in [3.05, 3.63) is 48.0 Å². The van der Waals surface area contributed by atoms with E-state index in [2.05, 4.69) is 5.32 Å². The zero-order chi connectivity index (χ0) is 19.5. The molecule has 0 saturated carbocycles. The number of hydrogen-bond acceptors (Lipinski definition) is 5. The highest BCUT2D eigenvalue weighted by molar-refractivity contribution is 7.89. The molecule has 140 valence electrons.